The van der Waals surface area contributed by atoms with Gasteiger partial charge in [0.25, 0.3) is 0 Å². The summed E-state index contributed by atoms with van der Waals surface area (Å²) in [5, 5.41) is 71.2. The number of rotatable bonds is 4. The number of carbonyl (C=O) groups excluding carboxylic acids is 6. The number of carboxylic acids is 4. The molecule has 0 spiro atoms. The Morgan fingerprint density at radius 1 is 0.692 bits per heavy atom. The summed E-state index contributed by atoms with van der Waals surface area (Å²) in [4.78, 5) is 62.4. The number of pyridine rings is 2. The van der Waals surface area contributed by atoms with Crippen LogP contribution in [0.15, 0.2) is 49.1 Å². The van der Waals surface area contributed by atoms with Crippen molar-refractivity contribution in [2.45, 2.75) is 26.1 Å². The first-order chi connectivity index (χ1) is 16.7. The molecule has 2 aromatic heterocycles. The molecule has 2 N–H and O–H groups in total. The van der Waals surface area contributed by atoms with Gasteiger partial charge in [-0.05, 0) is 26.0 Å². The van der Waals surface area contributed by atoms with Gasteiger partial charge in [0.2, 0.25) is 0 Å². The Labute approximate surface area is 270 Å². The predicted octanol–water partition coefficient (Wildman–Crippen LogP) is -9.29. The molecule has 2 heterocycles. The number of hydrogen-bond donors (Lipinski definition) is 2. The van der Waals surface area contributed by atoms with E-state index in [9.17, 15) is 39.6 Å². The minimum atomic E-state index is -1.44. The van der Waals surface area contributed by atoms with Gasteiger partial charge in [-0.15, -0.1) is 0 Å². The first-order valence-electron chi connectivity index (χ1n) is 8.85. The molecule has 0 amide bonds. The summed E-state index contributed by atoms with van der Waals surface area (Å²) >= 11 is 0. The van der Waals surface area contributed by atoms with Gasteiger partial charge in [0.05, 0.1) is 36.1 Å². The maximum Gasteiger partial charge on any atom is 2.00 e. The number of aliphatic hydroxyl groups is 2. The zero-order valence-corrected chi connectivity index (χ0v) is 25.0. The van der Waals surface area contributed by atoms with Crippen molar-refractivity contribution in [3.63, 3.8) is 0 Å². The summed E-state index contributed by atoms with van der Waals surface area (Å²) in [6.45, 7) is 1.27. The number of aromatic carboxylic acids is 2. The Morgan fingerprint density at radius 3 is 0.974 bits per heavy atom. The molecule has 2 rings (SSSR count). The minimum absolute atomic E-state index is 0. The molecular formula is C20H20Mg3N2O14. The molecule has 0 saturated heterocycles. The number of carboxylic acid groups (broad SMARTS) is 6. The van der Waals surface area contributed by atoms with E-state index in [1.807, 2.05) is 0 Å². The Balaban J connectivity index is -0.0000000649. The van der Waals surface area contributed by atoms with Crippen molar-refractivity contribution in [2.75, 3.05) is 0 Å². The van der Waals surface area contributed by atoms with E-state index in [-0.39, 0.29) is 80.3 Å². The molecule has 0 aromatic carbocycles. The molecule has 0 aliphatic heterocycles. The molecule has 0 aliphatic carbocycles. The van der Waals surface area contributed by atoms with Crippen molar-refractivity contribution < 1.29 is 69.6 Å². The number of aromatic nitrogens is 2. The molecule has 2 atom stereocenters. The van der Waals surface area contributed by atoms with Gasteiger partial charge >= 0.3 is 69.2 Å². The van der Waals surface area contributed by atoms with Gasteiger partial charge in [0.1, 0.15) is 0 Å². The van der Waals surface area contributed by atoms with E-state index in [4.69, 9.17) is 30.0 Å². The second-order valence-corrected chi connectivity index (χ2v) is 5.24. The van der Waals surface area contributed by atoms with Gasteiger partial charge in [-0.25, -0.2) is 0 Å². The summed E-state index contributed by atoms with van der Waals surface area (Å²) in [5.41, 5.74) is 0.218. The van der Waals surface area contributed by atoms with Crippen LogP contribution in [0.3, 0.4) is 0 Å². The van der Waals surface area contributed by atoms with Crippen LogP contribution in [0.5, 0.6) is 0 Å². The fourth-order valence-electron chi connectivity index (χ4n) is 0.967. The van der Waals surface area contributed by atoms with Crippen molar-refractivity contribution in [1.82, 2.24) is 9.97 Å². The molecule has 0 fully saturated rings. The average Bonchev–Trinajstić information content (AvgIpc) is 2.82. The molecule has 0 bridgehead atoms. The van der Waals surface area contributed by atoms with Crippen molar-refractivity contribution in [2.24, 2.45) is 0 Å². The third-order valence-corrected chi connectivity index (χ3v) is 2.48. The minimum Gasteiger partial charge on any atom is -0.554 e. The van der Waals surface area contributed by atoms with Crippen LogP contribution in [0, 0.1) is 0 Å². The van der Waals surface area contributed by atoms with Crippen molar-refractivity contribution in [3.8, 4) is 0 Å². The predicted molar refractivity (Wildman–Crippen MR) is 120 cm³/mol. The fourth-order valence-corrected chi connectivity index (χ4v) is 0.967. The summed E-state index contributed by atoms with van der Waals surface area (Å²) in [7, 11) is 0. The zero-order valence-electron chi connectivity index (χ0n) is 20.7. The molecular weight excluding hydrogens is 565 g/mol. The van der Waals surface area contributed by atoms with Crippen LogP contribution in [0.1, 0.15) is 34.6 Å². The Morgan fingerprint density at radius 2 is 0.897 bits per heavy atom. The SMILES string of the molecule is CC(O)C(=O)[O-].CC(O)C(=O)[O-].O=C([O-])c1cccnc1.O=C([O-])c1cccnc1.O=C[O-].O=C[O-].[Mg+2].[Mg+2].[Mg+2]. The van der Waals surface area contributed by atoms with Crippen molar-refractivity contribution >= 4 is 106 Å². The molecule has 16 nitrogen and oxygen atoms in total. The third kappa shape index (κ3) is 45.6. The second kappa shape index (κ2) is 37.5. The quantitative estimate of drug-likeness (QED) is 0.248. The van der Waals surface area contributed by atoms with Crippen LogP contribution in [-0.2, 0) is 19.2 Å². The molecule has 0 saturated carbocycles. The van der Waals surface area contributed by atoms with Crippen LogP contribution < -0.4 is 30.6 Å². The number of carbonyl (C=O) groups is 6. The second-order valence-electron chi connectivity index (χ2n) is 5.24. The maximum absolute atomic E-state index is 10.0. The van der Waals surface area contributed by atoms with E-state index in [1.54, 1.807) is 12.1 Å². The molecule has 2 aromatic rings. The molecule has 0 radical (unpaired) electrons. The summed E-state index contributed by atoms with van der Waals surface area (Å²) < 4.78 is 0. The van der Waals surface area contributed by atoms with E-state index in [2.05, 4.69) is 9.97 Å². The third-order valence-electron chi connectivity index (χ3n) is 2.48. The molecule has 2 unspecified atom stereocenters. The molecule has 39 heavy (non-hydrogen) atoms. The monoisotopic (exact) mass is 584 g/mol. The maximum atomic E-state index is 10.0. The normalized spacial score (nSPS) is 8.92. The van der Waals surface area contributed by atoms with Crippen LogP contribution in [0.4, 0.5) is 0 Å². The van der Waals surface area contributed by atoms with Crippen LogP contribution in [0.2, 0.25) is 0 Å². The van der Waals surface area contributed by atoms with Crippen LogP contribution >= 0.6 is 0 Å². The van der Waals surface area contributed by atoms with Crippen LogP contribution in [-0.4, -0.2) is 138 Å². The standard InChI is InChI=1S/2C6H5NO2.2C3H6O3.2CH2O2.3Mg/c2*8-6(9)5-2-1-3-7-4-5;2*1-2(4)3(5)6;2*2-1-3;;;/h2*1-4H,(H,8,9);2*2,4H,1H3,(H,5,6);2*1H,(H,2,3);;;/q;;;;;;3*+2/p-6. The van der Waals surface area contributed by atoms with E-state index in [0.29, 0.717) is 0 Å². The number of hydrogen-bond acceptors (Lipinski definition) is 16. The molecule has 200 valence electrons. The Hall–Kier alpha value is -2.66. The van der Waals surface area contributed by atoms with Crippen LogP contribution in [0.25, 0.3) is 0 Å². The number of aliphatic hydroxyl groups excluding tert-OH is 2. The fraction of sp³-hybridized carbons (Fsp3) is 0.200. The van der Waals surface area contributed by atoms with Crippen molar-refractivity contribution in [1.29, 1.82) is 0 Å². The first-order valence-corrected chi connectivity index (χ1v) is 8.85. The largest absolute Gasteiger partial charge is 2.00 e. The topological polar surface area (TPSA) is 307 Å². The van der Waals surface area contributed by atoms with Crippen molar-refractivity contribution in [3.05, 3.63) is 60.2 Å². The van der Waals surface area contributed by atoms with E-state index < -0.39 is 49.0 Å². The van der Waals surface area contributed by atoms with Gasteiger partial charge < -0.3 is 69.6 Å². The number of nitrogens with zero attached hydrogens (tertiary/aromatic N) is 2. The Bertz CT molecular complexity index is 816. The van der Waals surface area contributed by atoms with Gasteiger partial charge in [-0.1, -0.05) is 12.1 Å². The van der Waals surface area contributed by atoms with E-state index >= 15 is 0 Å². The smallest absolute Gasteiger partial charge is 0.554 e. The summed E-state index contributed by atoms with van der Waals surface area (Å²) in [5.74, 6) is -5.25. The first kappa shape index (κ1) is 52.7. The summed E-state index contributed by atoms with van der Waals surface area (Å²) in [6, 6.07) is 5.96. The molecule has 0 aliphatic rings. The number of aliphatic carboxylic acids is 2. The van der Waals surface area contributed by atoms with Gasteiger partial charge in [0, 0.05) is 48.9 Å². The van der Waals surface area contributed by atoms with Gasteiger partial charge in [0.15, 0.2) is 0 Å². The van der Waals surface area contributed by atoms with E-state index in [1.165, 1.54) is 36.9 Å². The summed E-state index contributed by atoms with van der Waals surface area (Å²) in [6.07, 6.45) is 2.82. The zero-order chi connectivity index (χ0) is 29.1. The van der Waals surface area contributed by atoms with Gasteiger partial charge in [-0.2, -0.15) is 0 Å². The van der Waals surface area contributed by atoms with Gasteiger partial charge in [-0.3, -0.25) is 9.97 Å². The average molecular weight is 585 g/mol. The van der Waals surface area contributed by atoms with E-state index in [0.717, 1.165) is 13.8 Å². The molecule has 19 heteroatoms. The Kier molecular flexibility index (Phi) is 50.7.